The summed E-state index contributed by atoms with van der Waals surface area (Å²) in [5.41, 5.74) is 1.49. The van der Waals surface area contributed by atoms with Crippen LogP contribution in [0.1, 0.15) is 29.2 Å². The maximum absolute atomic E-state index is 12.7. The topological polar surface area (TPSA) is 86.3 Å². The van der Waals surface area contributed by atoms with Crippen LogP contribution in [0.15, 0.2) is 4.42 Å². The molecule has 9 heteroatoms. The van der Waals surface area contributed by atoms with Crippen LogP contribution in [0, 0.1) is 20.8 Å². The smallest absolute Gasteiger partial charge is 0.245 e. The first-order valence-corrected chi connectivity index (χ1v) is 7.72. The number of halogens is 1. The van der Waals surface area contributed by atoms with Gasteiger partial charge in [-0.15, -0.1) is 10.2 Å². The SMILES string of the molecule is Cc1nnc([C@@H]2COCCN2C(=O)Cn2nc(C)c(Cl)c2C)o1. The molecule has 23 heavy (non-hydrogen) atoms. The number of rotatable bonds is 3. The van der Waals surface area contributed by atoms with E-state index in [4.69, 9.17) is 20.8 Å². The monoisotopic (exact) mass is 339 g/mol. The molecule has 124 valence electrons. The van der Waals surface area contributed by atoms with Crippen LogP contribution < -0.4 is 0 Å². The van der Waals surface area contributed by atoms with Crippen LogP contribution in [-0.2, 0) is 16.1 Å². The molecule has 1 aliphatic heterocycles. The largest absolute Gasteiger partial charge is 0.423 e. The van der Waals surface area contributed by atoms with E-state index < -0.39 is 0 Å². The van der Waals surface area contributed by atoms with Gasteiger partial charge in [0.2, 0.25) is 17.7 Å². The summed E-state index contributed by atoms with van der Waals surface area (Å²) in [4.78, 5) is 14.4. The lowest BCUT2D eigenvalue weighted by molar-refractivity contribution is -0.142. The molecule has 0 aliphatic carbocycles. The molecule has 0 radical (unpaired) electrons. The van der Waals surface area contributed by atoms with Crippen molar-refractivity contribution < 1.29 is 13.9 Å². The molecule has 0 saturated carbocycles. The van der Waals surface area contributed by atoms with Crippen molar-refractivity contribution in [1.29, 1.82) is 0 Å². The van der Waals surface area contributed by atoms with Gasteiger partial charge in [-0.25, -0.2) is 0 Å². The Hall–Kier alpha value is -1.93. The number of carbonyl (C=O) groups is 1. The lowest BCUT2D eigenvalue weighted by atomic mass is 10.2. The quantitative estimate of drug-likeness (QED) is 0.841. The Labute approximate surface area is 138 Å². The van der Waals surface area contributed by atoms with Crippen LogP contribution in [0.5, 0.6) is 0 Å². The first-order valence-electron chi connectivity index (χ1n) is 7.34. The fourth-order valence-corrected chi connectivity index (χ4v) is 2.74. The molecule has 0 bridgehead atoms. The fourth-order valence-electron chi connectivity index (χ4n) is 2.60. The van der Waals surface area contributed by atoms with Gasteiger partial charge < -0.3 is 14.1 Å². The van der Waals surface area contributed by atoms with Gasteiger partial charge >= 0.3 is 0 Å². The van der Waals surface area contributed by atoms with Gasteiger partial charge in [-0.3, -0.25) is 9.48 Å². The molecule has 3 heterocycles. The highest BCUT2D eigenvalue weighted by molar-refractivity contribution is 6.31. The van der Waals surface area contributed by atoms with E-state index in [-0.39, 0.29) is 18.5 Å². The Morgan fingerprint density at radius 2 is 2.13 bits per heavy atom. The summed E-state index contributed by atoms with van der Waals surface area (Å²) in [5, 5.41) is 12.7. The standard InChI is InChI=1S/C14H18ClN5O3/c1-8-13(15)9(2)20(18-8)6-12(21)19-4-5-22-7-11(19)14-17-16-10(3)23-14/h11H,4-7H2,1-3H3/t11-/m0/s1. The summed E-state index contributed by atoms with van der Waals surface area (Å²) in [6, 6.07) is -0.370. The third-order valence-electron chi connectivity index (χ3n) is 3.85. The number of aromatic nitrogens is 4. The Morgan fingerprint density at radius 3 is 2.74 bits per heavy atom. The van der Waals surface area contributed by atoms with Crippen molar-refractivity contribution >= 4 is 17.5 Å². The van der Waals surface area contributed by atoms with E-state index in [1.807, 2.05) is 13.8 Å². The molecule has 1 amide bonds. The molecule has 3 rings (SSSR count). The van der Waals surface area contributed by atoms with Gasteiger partial charge in [0.25, 0.3) is 0 Å². The summed E-state index contributed by atoms with van der Waals surface area (Å²) in [6.45, 7) is 6.77. The third kappa shape index (κ3) is 3.09. The highest BCUT2D eigenvalue weighted by Gasteiger charge is 2.32. The second kappa shape index (κ2) is 6.29. The second-order valence-corrected chi connectivity index (χ2v) is 5.86. The van der Waals surface area contributed by atoms with Crippen molar-refractivity contribution in [2.45, 2.75) is 33.4 Å². The number of carbonyl (C=O) groups excluding carboxylic acids is 1. The summed E-state index contributed by atoms with van der Waals surface area (Å²) >= 11 is 6.13. The summed E-state index contributed by atoms with van der Waals surface area (Å²) < 4.78 is 12.5. The minimum Gasteiger partial charge on any atom is -0.423 e. The fraction of sp³-hybridized carbons (Fsp3) is 0.571. The molecule has 1 saturated heterocycles. The Morgan fingerprint density at radius 1 is 1.35 bits per heavy atom. The predicted octanol–water partition coefficient (Wildman–Crippen LogP) is 1.44. The van der Waals surface area contributed by atoms with Gasteiger partial charge in [0.05, 0.1) is 29.6 Å². The van der Waals surface area contributed by atoms with Crippen molar-refractivity contribution in [3.05, 3.63) is 28.2 Å². The zero-order valence-electron chi connectivity index (χ0n) is 13.2. The van der Waals surface area contributed by atoms with Gasteiger partial charge in [0.1, 0.15) is 12.6 Å². The molecular formula is C14H18ClN5O3. The highest BCUT2D eigenvalue weighted by atomic mass is 35.5. The minimum absolute atomic E-state index is 0.0866. The van der Waals surface area contributed by atoms with Crippen molar-refractivity contribution in [3.63, 3.8) is 0 Å². The molecule has 0 unspecified atom stereocenters. The van der Waals surface area contributed by atoms with Crippen molar-refractivity contribution in [3.8, 4) is 0 Å². The number of aryl methyl sites for hydroxylation is 2. The van der Waals surface area contributed by atoms with E-state index in [9.17, 15) is 4.79 Å². The second-order valence-electron chi connectivity index (χ2n) is 5.48. The number of amides is 1. The van der Waals surface area contributed by atoms with Gasteiger partial charge in [-0.1, -0.05) is 11.6 Å². The minimum atomic E-state index is -0.370. The van der Waals surface area contributed by atoms with Crippen LogP contribution in [-0.4, -0.2) is 50.5 Å². The van der Waals surface area contributed by atoms with Crippen LogP contribution in [0.2, 0.25) is 5.02 Å². The maximum atomic E-state index is 12.7. The number of hydrogen-bond acceptors (Lipinski definition) is 6. The third-order valence-corrected chi connectivity index (χ3v) is 4.40. The number of morpholine rings is 1. The average Bonchev–Trinajstić information content (AvgIpc) is 3.07. The Balaban J connectivity index is 1.80. The first-order chi connectivity index (χ1) is 11.0. The van der Waals surface area contributed by atoms with E-state index in [1.54, 1.807) is 16.5 Å². The molecule has 2 aromatic heterocycles. The number of nitrogens with zero attached hydrogens (tertiary/aromatic N) is 5. The van der Waals surface area contributed by atoms with E-state index in [0.717, 1.165) is 5.69 Å². The van der Waals surface area contributed by atoms with Gasteiger partial charge in [0.15, 0.2) is 0 Å². The van der Waals surface area contributed by atoms with Gasteiger partial charge in [-0.05, 0) is 13.8 Å². The predicted molar refractivity (Wildman–Crippen MR) is 81.0 cm³/mol. The molecule has 2 aromatic rings. The van der Waals surface area contributed by atoms with Crippen molar-refractivity contribution in [2.24, 2.45) is 0 Å². The van der Waals surface area contributed by atoms with Crippen LogP contribution in [0.25, 0.3) is 0 Å². The molecule has 0 spiro atoms. The molecule has 8 nitrogen and oxygen atoms in total. The van der Waals surface area contributed by atoms with Crippen LogP contribution >= 0.6 is 11.6 Å². The Bertz CT molecular complexity index is 726. The average molecular weight is 340 g/mol. The van der Waals surface area contributed by atoms with Crippen molar-refractivity contribution in [2.75, 3.05) is 19.8 Å². The van der Waals surface area contributed by atoms with Gasteiger partial charge in [0, 0.05) is 13.5 Å². The van der Waals surface area contributed by atoms with E-state index in [1.165, 1.54) is 0 Å². The molecular weight excluding hydrogens is 322 g/mol. The van der Waals surface area contributed by atoms with Gasteiger partial charge in [-0.2, -0.15) is 5.10 Å². The highest BCUT2D eigenvalue weighted by Crippen LogP contribution is 2.24. The molecule has 1 aliphatic rings. The lowest BCUT2D eigenvalue weighted by Gasteiger charge is -2.33. The summed E-state index contributed by atoms with van der Waals surface area (Å²) in [6.07, 6.45) is 0. The maximum Gasteiger partial charge on any atom is 0.245 e. The lowest BCUT2D eigenvalue weighted by Crippen LogP contribution is -2.45. The first kappa shape index (κ1) is 15.9. The molecule has 0 N–H and O–H groups in total. The van der Waals surface area contributed by atoms with E-state index >= 15 is 0 Å². The van der Waals surface area contributed by atoms with Crippen LogP contribution in [0.3, 0.4) is 0 Å². The molecule has 0 aromatic carbocycles. The molecule has 1 atom stereocenters. The molecule has 1 fully saturated rings. The van der Waals surface area contributed by atoms with Crippen LogP contribution in [0.4, 0.5) is 0 Å². The van der Waals surface area contributed by atoms with E-state index in [0.29, 0.717) is 42.3 Å². The zero-order chi connectivity index (χ0) is 16.6. The number of ether oxygens (including phenoxy) is 1. The zero-order valence-corrected chi connectivity index (χ0v) is 14.0. The summed E-state index contributed by atoms with van der Waals surface area (Å²) in [7, 11) is 0. The Kier molecular flexibility index (Phi) is 4.36. The summed E-state index contributed by atoms with van der Waals surface area (Å²) in [5.74, 6) is 0.765. The van der Waals surface area contributed by atoms with E-state index in [2.05, 4.69) is 15.3 Å². The number of hydrogen-bond donors (Lipinski definition) is 0. The van der Waals surface area contributed by atoms with Crippen molar-refractivity contribution in [1.82, 2.24) is 24.9 Å². The normalized spacial score (nSPS) is 18.4.